The van der Waals surface area contributed by atoms with Gasteiger partial charge in [-0.25, -0.2) is 14.2 Å². The molecule has 4 nitrogen and oxygen atoms in total. The molecule has 0 saturated heterocycles. The number of nitrogens with one attached hydrogen (secondary N) is 1. The Bertz CT molecular complexity index is 869. The van der Waals surface area contributed by atoms with Crippen LogP contribution in [-0.4, -0.2) is 21.0 Å². The summed E-state index contributed by atoms with van der Waals surface area (Å²) < 4.78 is 13.2. The van der Waals surface area contributed by atoms with Crippen molar-refractivity contribution in [2.45, 2.75) is 6.42 Å². The summed E-state index contributed by atoms with van der Waals surface area (Å²) in [6.45, 7) is 0. The van der Waals surface area contributed by atoms with E-state index in [9.17, 15) is 9.18 Å². The lowest BCUT2D eigenvalue weighted by molar-refractivity contribution is 0.0697. The second kappa shape index (κ2) is 6.91. The fraction of sp³-hybridized carbons (Fsp3) is 0.0526. The van der Waals surface area contributed by atoms with Crippen molar-refractivity contribution in [1.29, 1.82) is 0 Å². The molecule has 1 aromatic heterocycles. The molecule has 0 radical (unpaired) electrons. The Labute approximate surface area is 138 Å². The lowest BCUT2D eigenvalue weighted by Gasteiger charge is -2.08. The molecule has 0 fully saturated rings. The molecule has 2 aromatic carbocycles. The van der Waals surface area contributed by atoms with Crippen molar-refractivity contribution in [2.75, 3.05) is 0 Å². The van der Waals surface area contributed by atoms with Crippen molar-refractivity contribution >= 4 is 17.6 Å². The number of halogens is 1. The Morgan fingerprint density at radius 1 is 1.17 bits per heavy atom. The number of imidazole rings is 1. The molecule has 0 saturated carbocycles. The summed E-state index contributed by atoms with van der Waals surface area (Å²) in [5.41, 5.74) is 2.75. The second-order valence-electron chi connectivity index (χ2n) is 5.32. The van der Waals surface area contributed by atoms with Gasteiger partial charge in [-0.15, -0.1) is 0 Å². The van der Waals surface area contributed by atoms with E-state index in [0.29, 0.717) is 6.42 Å². The highest BCUT2D eigenvalue weighted by atomic mass is 19.1. The lowest BCUT2D eigenvalue weighted by Crippen LogP contribution is -1.97. The summed E-state index contributed by atoms with van der Waals surface area (Å²) in [7, 11) is 0. The summed E-state index contributed by atoms with van der Waals surface area (Å²) in [5.74, 6) is -0.497. The van der Waals surface area contributed by atoms with Crippen LogP contribution in [0.15, 0.2) is 60.9 Å². The number of rotatable bonds is 5. The van der Waals surface area contributed by atoms with E-state index in [1.165, 1.54) is 12.1 Å². The van der Waals surface area contributed by atoms with Crippen LogP contribution < -0.4 is 0 Å². The minimum absolute atomic E-state index is 0.222. The molecule has 120 valence electrons. The van der Waals surface area contributed by atoms with Crippen LogP contribution in [0.2, 0.25) is 0 Å². The third-order valence-corrected chi connectivity index (χ3v) is 3.60. The smallest absolute Gasteiger partial charge is 0.335 e. The zero-order valence-electron chi connectivity index (χ0n) is 12.7. The summed E-state index contributed by atoms with van der Waals surface area (Å²) >= 11 is 0. The summed E-state index contributed by atoms with van der Waals surface area (Å²) in [6, 6.07) is 12.9. The summed E-state index contributed by atoms with van der Waals surface area (Å²) in [5, 5.41) is 9.12. The number of H-pyrrole nitrogens is 1. The van der Waals surface area contributed by atoms with Gasteiger partial charge in [0.05, 0.1) is 5.56 Å². The van der Waals surface area contributed by atoms with Gasteiger partial charge < -0.3 is 10.1 Å². The van der Waals surface area contributed by atoms with Gasteiger partial charge >= 0.3 is 5.97 Å². The van der Waals surface area contributed by atoms with Crippen molar-refractivity contribution in [1.82, 2.24) is 9.97 Å². The lowest BCUT2D eigenvalue weighted by atomic mass is 9.99. The normalized spacial score (nSPS) is 11.5. The van der Waals surface area contributed by atoms with Crippen molar-refractivity contribution < 1.29 is 14.3 Å². The molecule has 24 heavy (non-hydrogen) atoms. The molecule has 0 aliphatic heterocycles. The number of hydrogen-bond acceptors (Lipinski definition) is 2. The number of benzene rings is 2. The largest absolute Gasteiger partial charge is 0.478 e. The van der Waals surface area contributed by atoms with Gasteiger partial charge in [-0.1, -0.05) is 30.3 Å². The van der Waals surface area contributed by atoms with Gasteiger partial charge in [-0.05, 0) is 41.0 Å². The Hall–Kier alpha value is -3.21. The molecular weight excluding hydrogens is 307 g/mol. The van der Waals surface area contributed by atoms with Crippen LogP contribution in [0.5, 0.6) is 0 Å². The number of aromatic amines is 1. The molecule has 0 aliphatic carbocycles. The van der Waals surface area contributed by atoms with E-state index in [4.69, 9.17) is 5.11 Å². The minimum Gasteiger partial charge on any atom is -0.478 e. The zero-order chi connectivity index (χ0) is 16.9. The molecule has 0 atom stereocenters. The maximum Gasteiger partial charge on any atom is 0.335 e. The van der Waals surface area contributed by atoms with E-state index in [-0.39, 0.29) is 11.4 Å². The highest BCUT2D eigenvalue weighted by molar-refractivity contribution is 5.90. The fourth-order valence-corrected chi connectivity index (χ4v) is 2.44. The maximum absolute atomic E-state index is 13.2. The third kappa shape index (κ3) is 3.76. The van der Waals surface area contributed by atoms with Crippen LogP contribution in [0.25, 0.3) is 11.6 Å². The first-order valence-electron chi connectivity index (χ1n) is 7.40. The molecule has 2 N–H and O–H groups in total. The van der Waals surface area contributed by atoms with Crippen LogP contribution in [0.1, 0.15) is 27.3 Å². The number of carbonyl (C=O) groups is 1. The van der Waals surface area contributed by atoms with Crippen molar-refractivity contribution in [3.63, 3.8) is 0 Å². The van der Waals surface area contributed by atoms with Crippen LogP contribution in [0.3, 0.4) is 0 Å². The minimum atomic E-state index is -0.973. The highest BCUT2D eigenvalue weighted by Gasteiger charge is 2.08. The summed E-state index contributed by atoms with van der Waals surface area (Å²) in [4.78, 5) is 18.4. The van der Waals surface area contributed by atoms with Crippen LogP contribution >= 0.6 is 0 Å². The standard InChI is InChI=1S/C19H15FN2O2/c20-17-6-4-14(5-7-17)16(12-18-21-8-9-22-18)11-13-2-1-3-15(10-13)19(23)24/h1-11H,12H2,(H,21,22)(H,23,24). The number of carboxylic acids is 1. The van der Waals surface area contributed by atoms with Gasteiger partial charge in [0.2, 0.25) is 0 Å². The second-order valence-corrected chi connectivity index (χ2v) is 5.32. The van der Waals surface area contributed by atoms with E-state index in [1.807, 2.05) is 12.1 Å². The first kappa shape index (κ1) is 15.7. The number of aromatic carboxylic acids is 1. The van der Waals surface area contributed by atoms with Crippen LogP contribution in [-0.2, 0) is 6.42 Å². The number of nitrogens with zero attached hydrogens (tertiary/aromatic N) is 1. The monoisotopic (exact) mass is 322 g/mol. The van der Waals surface area contributed by atoms with Crippen molar-refractivity contribution in [2.24, 2.45) is 0 Å². The van der Waals surface area contributed by atoms with E-state index in [1.54, 1.807) is 42.7 Å². The fourth-order valence-electron chi connectivity index (χ4n) is 2.44. The van der Waals surface area contributed by atoms with Gasteiger partial charge in [0.25, 0.3) is 0 Å². The van der Waals surface area contributed by atoms with Gasteiger partial charge in [0.1, 0.15) is 11.6 Å². The average molecular weight is 322 g/mol. The predicted octanol–water partition coefficient (Wildman–Crippen LogP) is 4.03. The van der Waals surface area contributed by atoms with Crippen molar-refractivity contribution in [3.05, 3.63) is 89.3 Å². The average Bonchev–Trinajstić information content (AvgIpc) is 3.08. The van der Waals surface area contributed by atoms with Gasteiger partial charge in [-0.2, -0.15) is 0 Å². The number of allylic oxidation sites excluding steroid dienone is 1. The Kier molecular flexibility index (Phi) is 4.52. The molecule has 3 aromatic rings. The number of aromatic nitrogens is 2. The molecule has 0 aliphatic rings. The van der Waals surface area contributed by atoms with Crippen molar-refractivity contribution in [3.8, 4) is 0 Å². The zero-order valence-corrected chi connectivity index (χ0v) is 12.7. The number of hydrogen-bond donors (Lipinski definition) is 2. The molecule has 0 spiro atoms. The molecule has 1 heterocycles. The molecule has 0 amide bonds. The molecular formula is C19H15FN2O2. The molecule has 3 rings (SSSR count). The Morgan fingerprint density at radius 2 is 1.96 bits per heavy atom. The SMILES string of the molecule is O=C(O)c1cccc(C=C(Cc2ncc[nH]2)c2ccc(F)cc2)c1. The Morgan fingerprint density at radius 3 is 2.62 bits per heavy atom. The third-order valence-electron chi connectivity index (χ3n) is 3.60. The first-order chi connectivity index (χ1) is 11.6. The molecule has 5 heteroatoms. The van der Waals surface area contributed by atoms with Crippen LogP contribution in [0, 0.1) is 5.82 Å². The van der Waals surface area contributed by atoms with E-state index >= 15 is 0 Å². The van der Waals surface area contributed by atoms with Gasteiger partial charge in [0.15, 0.2) is 0 Å². The van der Waals surface area contributed by atoms with E-state index in [0.717, 1.165) is 22.5 Å². The molecule has 0 bridgehead atoms. The van der Waals surface area contributed by atoms with Gasteiger partial charge in [0, 0.05) is 18.8 Å². The highest BCUT2D eigenvalue weighted by Crippen LogP contribution is 2.22. The number of carboxylic acid groups (broad SMARTS) is 1. The molecule has 0 unspecified atom stereocenters. The van der Waals surface area contributed by atoms with E-state index in [2.05, 4.69) is 9.97 Å². The topological polar surface area (TPSA) is 66.0 Å². The first-order valence-corrected chi connectivity index (χ1v) is 7.40. The van der Waals surface area contributed by atoms with E-state index < -0.39 is 5.97 Å². The quantitative estimate of drug-likeness (QED) is 0.697. The van der Waals surface area contributed by atoms with Crippen LogP contribution in [0.4, 0.5) is 4.39 Å². The Balaban J connectivity index is 2.01. The maximum atomic E-state index is 13.2. The predicted molar refractivity (Wildman–Crippen MR) is 90.0 cm³/mol. The van der Waals surface area contributed by atoms with Gasteiger partial charge in [-0.3, -0.25) is 0 Å². The summed E-state index contributed by atoms with van der Waals surface area (Å²) in [6.07, 6.45) is 5.82.